The van der Waals surface area contributed by atoms with E-state index in [0.717, 1.165) is 25.5 Å². The Hall–Kier alpha value is -2.51. The van der Waals surface area contributed by atoms with Gasteiger partial charge in [-0.15, -0.1) is 5.54 Å². The highest BCUT2D eigenvalue weighted by Crippen LogP contribution is 2.41. The molecule has 2 fully saturated rings. The van der Waals surface area contributed by atoms with Crippen LogP contribution in [-0.4, -0.2) is 56.4 Å². The zero-order valence-corrected chi connectivity index (χ0v) is 25.4. The molecule has 1 saturated carbocycles. The van der Waals surface area contributed by atoms with Crippen LogP contribution in [0.1, 0.15) is 79.2 Å². The van der Waals surface area contributed by atoms with E-state index < -0.39 is 24.0 Å². The molecular formula is C28H40N4O4SSi. The van der Waals surface area contributed by atoms with Crippen LogP contribution in [-0.2, 0) is 14.6 Å². The summed E-state index contributed by atoms with van der Waals surface area (Å²) in [6.45, 7) is 13.9. The molecule has 1 aliphatic carbocycles. The highest BCUT2D eigenvalue weighted by Gasteiger charge is 2.42. The Labute approximate surface area is 227 Å². The minimum absolute atomic E-state index is 0.122. The largest absolute Gasteiger partial charge is 0.447 e. The van der Waals surface area contributed by atoms with E-state index in [9.17, 15) is 13.2 Å². The van der Waals surface area contributed by atoms with Crippen LogP contribution < -0.4 is 4.90 Å². The molecule has 2 aromatic heterocycles. The van der Waals surface area contributed by atoms with Gasteiger partial charge in [-0.3, -0.25) is 4.90 Å². The number of hydrogen-bond donors (Lipinski definition) is 0. The van der Waals surface area contributed by atoms with Gasteiger partial charge in [-0.05, 0) is 35.0 Å². The lowest BCUT2D eigenvalue weighted by atomic mass is 9.98. The van der Waals surface area contributed by atoms with Crippen molar-refractivity contribution in [2.45, 2.75) is 101 Å². The molecule has 0 spiro atoms. The van der Waals surface area contributed by atoms with Crippen molar-refractivity contribution in [1.82, 2.24) is 15.0 Å². The van der Waals surface area contributed by atoms with E-state index in [1.165, 1.54) is 19.0 Å². The number of pyridine rings is 1. The van der Waals surface area contributed by atoms with Crippen molar-refractivity contribution >= 4 is 40.9 Å². The number of carbonyl (C=O) groups excluding carboxylic acids is 1. The molecule has 2 aliphatic rings. The second-order valence-electron chi connectivity index (χ2n) is 11.8. The number of ether oxygens (including phenoxy) is 1. The van der Waals surface area contributed by atoms with Crippen LogP contribution in [0.5, 0.6) is 0 Å². The monoisotopic (exact) mass is 556 g/mol. The van der Waals surface area contributed by atoms with Crippen LogP contribution in [0.25, 0.3) is 11.0 Å². The molecule has 206 valence electrons. The lowest BCUT2D eigenvalue weighted by Gasteiger charge is -2.38. The molecule has 0 radical (unpaired) electrons. The average molecular weight is 557 g/mol. The van der Waals surface area contributed by atoms with Crippen molar-refractivity contribution in [3.63, 3.8) is 0 Å². The maximum Gasteiger partial charge on any atom is 0.415 e. The fourth-order valence-electron chi connectivity index (χ4n) is 6.54. The number of cyclic esters (lactones) is 1. The fraction of sp³-hybridized carbons (Fsp3) is 0.643. The molecule has 0 aromatic carbocycles. The Morgan fingerprint density at radius 2 is 1.71 bits per heavy atom. The Balaban J connectivity index is 1.89. The summed E-state index contributed by atoms with van der Waals surface area (Å²) in [5.41, 5.74) is 5.94. The van der Waals surface area contributed by atoms with Gasteiger partial charge in [0.05, 0.1) is 11.4 Å². The quantitative estimate of drug-likeness (QED) is 0.237. The molecule has 0 N–H and O–H groups in total. The van der Waals surface area contributed by atoms with E-state index in [4.69, 9.17) is 4.74 Å². The van der Waals surface area contributed by atoms with Gasteiger partial charge in [0.1, 0.15) is 20.5 Å². The fourth-order valence-corrected chi connectivity index (χ4v) is 12.3. The zero-order valence-electron chi connectivity index (χ0n) is 23.6. The van der Waals surface area contributed by atoms with Gasteiger partial charge in [0.25, 0.3) is 0 Å². The van der Waals surface area contributed by atoms with Crippen LogP contribution in [0.15, 0.2) is 17.4 Å². The summed E-state index contributed by atoms with van der Waals surface area (Å²) < 4.78 is 29.9. The Morgan fingerprint density at radius 3 is 2.29 bits per heavy atom. The van der Waals surface area contributed by atoms with Crippen LogP contribution in [0.4, 0.5) is 10.6 Å². The predicted molar refractivity (Wildman–Crippen MR) is 153 cm³/mol. The molecule has 38 heavy (non-hydrogen) atoms. The summed E-state index contributed by atoms with van der Waals surface area (Å²) in [7, 11) is -5.70. The number of aromatic nitrogens is 3. The van der Waals surface area contributed by atoms with Crippen molar-refractivity contribution in [1.29, 1.82) is 0 Å². The molecule has 1 amide bonds. The van der Waals surface area contributed by atoms with Gasteiger partial charge in [0.15, 0.2) is 5.65 Å². The third-order valence-corrected chi connectivity index (χ3v) is 15.6. The lowest BCUT2D eigenvalue weighted by molar-refractivity contribution is 0.177. The third-order valence-electron chi connectivity index (χ3n) is 8.43. The van der Waals surface area contributed by atoms with Gasteiger partial charge in [-0.1, -0.05) is 73.1 Å². The molecule has 2 aromatic rings. The Morgan fingerprint density at radius 1 is 1.08 bits per heavy atom. The molecule has 4 rings (SSSR count). The zero-order chi connectivity index (χ0) is 27.8. The molecule has 0 bridgehead atoms. The third kappa shape index (κ3) is 5.46. The van der Waals surface area contributed by atoms with Crippen LogP contribution >= 0.6 is 0 Å². The normalized spacial score (nSPS) is 19.1. The summed E-state index contributed by atoms with van der Waals surface area (Å²) in [6, 6.07) is 1.70. The van der Waals surface area contributed by atoms with Gasteiger partial charge < -0.3 is 4.74 Å². The number of anilines is 1. The number of fused-ring (bicyclic) bond motifs is 1. The number of amides is 1. The molecule has 1 unspecified atom stereocenters. The predicted octanol–water partition coefficient (Wildman–Crippen LogP) is 5.90. The van der Waals surface area contributed by atoms with Gasteiger partial charge >= 0.3 is 6.09 Å². The molecule has 10 heteroatoms. The second-order valence-corrected chi connectivity index (χ2v) is 19.3. The summed E-state index contributed by atoms with van der Waals surface area (Å²) in [5, 5.41) is 0.281. The van der Waals surface area contributed by atoms with E-state index >= 15 is 0 Å². The van der Waals surface area contributed by atoms with Crippen LogP contribution in [0.3, 0.4) is 0 Å². The standard InChI is InChI=1S/C28H40N4O4SSi/c1-18(2)38(19(3)4,20(5)6)13-12-22-15-25(30-26-24(22)16-29-27(31-26)37(7,34)35)32-23(17-36-28(32)33)14-21-10-8-9-11-21/h15-16,18-21,23H,8-11,14,17H2,1-7H3. The van der Waals surface area contributed by atoms with E-state index in [-0.39, 0.29) is 16.8 Å². The Kier molecular flexibility index (Phi) is 8.19. The lowest BCUT2D eigenvalue weighted by Crippen LogP contribution is -2.43. The van der Waals surface area contributed by atoms with Gasteiger partial charge in [-0.25, -0.2) is 23.2 Å². The minimum Gasteiger partial charge on any atom is -0.447 e. The van der Waals surface area contributed by atoms with Crippen molar-refractivity contribution in [3.05, 3.63) is 17.8 Å². The number of carbonyl (C=O) groups is 1. The highest BCUT2D eigenvalue weighted by atomic mass is 32.2. The number of nitrogens with zero attached hydrogens (tertiary/aromatic N) is 4. The highest BCUT2D eigenvalue weighted by molar-refractivity contribution is 7.90. The average Bonchev–Trinajstić information content (AvgIpc) is 3.47. The molecular weight excluding hydrogens is 516 g/mol. The van der Waals surface area contributed by atoms with E-state index in [2.05, 4.69) is 68.0 Å². The molecule has 1 atom stereocenters. The summed E-state index contributed by atoms with van der Waals surface area (Å²) in [6.07, 6.45) is 7.75. The first-order valence-electron chi connectivity index (χ1n) is 13.7. The first kappa shape index (κ1) is 28.5. The summed E-state index contributed by atoms with van der Waals surface area (Å²) in [5.74, 6) is 4.42. The summed E-state index contributed by atoms with van der Waals surface area (Å²) >= 11 is 0. The number of rotatable bonds is 7. The molecule has 8 nitrogen and oxygen atoms in total. The first-order valence-corrected chi connectivity index (χ1v) is 17.8. The Bertz CT molecular complexity index is 1350. The van der Waals surface area contributed by atoms with Gasteiger partial charge in [0.2, 0.25) is 15.0 Å². The molecule has 1 aliphatic heterocycles. The van der Waals surface area contributed by atoms with Crippen molar-refractivity contribution in [2.75, 3.05) is 17.8 Å². The van der Waals surface area contributed by atoms with Crippen LogP contribution in [0, 0.1) is 17.4 Å². The molecule has 1 saturated heterocycles. The second kappa shape index (κ2) is 10.9. The first-order chi connectivity index (χ1) is 17.8. The van der Waals surface area contributed by atoms with Crippen molar-refractivity contribution in [3.8, 4) is 11.5 Å². The maximum absolute atomic E-state index is 12.9. The molecule has 3 heterocycles. The van der Waals surface area contributed by atoms with Crippen molar-refractivity contribution in [2.24, 2.45) is 5.92 Å². The van der Waals surface area contributed by atoms with E-state index in [1.807, 2.05) is 6.07 Å². The van der Waals surface area contributed by atoms with Crippen molar-refractivity contribution < 1.29 is 17.9 Å². The maximum atomic E-state index is 12.9. The van der Waals surface area contributed by atoms with E-state index in [1.54, 1.807) is 4.90 Å². The van der Waals surface area contributed by atoms with E-state index in [0.29, 0.717) is 45.9 Å². The smallest absolute Gasteiger partial charge is 0.415 e. The SMILES string of the molecule is CC(C)[Si](C#Cc1cc(N2C(=O)OCC2CC2CCCC2)nc2nc(S(C)(=O)=O)ncc12)(C(C)C)C(C)C. The van der Waals surface area contributed by atoms with Gasteiger partial charge in [0, 0.05) is 18.0 Å². The number of sulfone groups is 1. The summed E-state index contributed by atoms with van der Waals surface area (Å²) in [4.78, 5) is 27.6. The van der Waals surface area contributed by atoms with Gasteiger partial charge in [-0.2, -0.15) is 4.98 Å². The number of hydrogen-bond acceptors (Lipinski definition) is 7. The topological polar surface area (TPSA) is 102 Å². The van der Waals surface area contributed by atoms with Crippen LogP contribution in [0.2, 0.25) is 16.6 Å². The minimum atomic E-state index is -3.64.